The Bertz CT molecular complexity index is 449. The van der Waals surface area contributed by atoms with Gasteiger partial charge in [-0.1, -0.05) is 12.1 Å². The number of pyridine rings is 1. The van der Waals surface area contributed by atoms with Crippen molar-refractivity contribution in [2.45, 2.75) is 6.10 Å². The van der Waals surface area contributed by atoms with Crippen LogP contribution < -0.4 is 0 Å². The molecule has 0 spiro atoms. The van der Waals surface area contributed by atoms with Gasteiger partial charge in [-0.3, -0.25) is 4.98 Å². The van der Waals surface area contributed by atoms with E-state index < -0.39 is 0 Å². The quantitative estimate of drug-likeness (QED) is 0.615. The average Bonchev–Trinajstić information content (AvgIpc) is 3.00. The number of benzene rings is 1. The van der Waals surface area contributed by atoms with Gasteiger partial charge in [0.1, 0.15) is 6.10 Å². The molecule has 0 radical (unpaired) electrons. The Balaban J connectivity index is 2.21. The molecule has 0 unspecified atom stereocenters. The monoisotopic (exact) mass is 171 g/mol. The van der Waals surface area contributed by atoms with E-state index in [2.05, 4.69) is 23.2 Å². The molecule has 3 rings (SSSR count). The van der Waals surface area contributed by atoms with Crippen LogP contribution in [-0.2, 0) is 4.74 Å². The van der Waals surface area contributed by atoms with E-state index in [9.17, 15) is 0 Å². The average molecular weight is 171 g/mol. The van der Waals surface area contributed by atoms with Crippen molar-refractivity contribution in [3.05, 3.63) is 42.1 Å². The minimum atomic E-state index is 0.338. The summed E-state index contributed by atoms with van der Waals surface area (Å²) in [6.07, 6.45) is 2.15. The maximum atomic E-state index is 5.22. The predicted molar refractivity (Wildman–Crippen MR) is 50.4 cm³/mol. The number of aromatic nitrogens is 1. The van der Waals surface area contributed by atoms with Crippen molar-refractivity contribution in [3.8, 4) is 0 Å². The Morgan fingerprint density at radius 3 is 3.08 bits per heavy atom. The second-order valence-corrected chi connectivity index (χ2v) is 3.28. The number of fused-ring (bicyclic) bond motifs is 1. The van der Waals surface area contributed by atoms with Crippen LogP contribution in [0.4, 0.5) is 0 Å². The van der Waals surface area contributed by atoms with Crippen molar-refractivity contribution in [3.63, 3.8) is 0 Å². The van der Waals surface area contributed by atoms with E-state index in [1.165, 1.54) is 10.9 Å². The smallest absolute Gasteiger partial charge is 0.106 e. The molecule has 0 saturated carbocycles. The van der Waals surface area contributed by atoms with Gasteiger partial charge in [-0.25, -0.2) is 0 Å². The molecule has 0 N–H and O–H groups in total. The molecular weight excluding hydrogens is 162 g/mol. The summed E-state index contributed by atoms with van der Waals surface area (Å²) < 4.78 is 5.22. The highest BCUT2D eigenvalue weighted by Gasteiger charge is 2.24. The standard InChI is InChI=1S/C11H9NO/c1-2-8-6-9(11-7-13-11)3-4-10(8)12-5-1/h1-6,11H,7H2/t11-/m0/s1. The number of nitrogens with zero attached hydrogens (tertiary/aromatic N) is 1. The van der Waals surface area contributed by atoms with Crippen molar-refractivity contribution in [2.75, 3.05) is 6.61 Å². The first kappa shape index (κ1) is 7.04. The molecule has 13 heavy (non-hydrogen) atoms. The maximum Gasteiger partial charge on any atom is 0.106 e. The third-order valence-corrected chi connectivity index (χ3v) is 2.33. The summed E-state index contributed by atoms with van der Waals surface area (Å²) in [6, 6.07) is 10.3. The Hall–Kier alpha value is -1.41. The number of hydrogen-bond donors (Lipinski definition) is 0. The number of epoxide rings is 1. The lowest BCUT2D eigenvalue weighted by atomic mass is 10.1. The first-order valence-corrected chi connectivity index (χ1v) is 4.40. The van der Waals surface area contributed by atoms with Gasteiger partial charge in [0.25, 0.3) is 0 Å². The predicted octanol–water partition coefficient (Wildman–Crippen LogP) is 2.31. The van der Waals surface area contributed by atoms with Gasteiger partial charge in [0.2, 0.25) is 0 Å². The fourth-order valence-corrected chi connectivity index (χ4v) is 1.53. The molecule has 1 atom stereocenters. The molecule has 1 fully saturated rings. The van der Waals surface area contributed by atoms with Gasteiger partial charge in [0.05, 0.1) is 12.1 Å². The molecular formula is C11H9NO. The van der Waals surface area contributed by atoms with Crippen LogP contribution in [0.2, 0.25) is 0 Å². The molecule has 1 aromatic carbocycles. The van der Waals surface area contributed by atoms with Gasteiger partial charge in [-0.05, 0) is 23.8 Å². The topological polar surface area (TPSA) is 25.4 Å². The lowest BCUT2D eigenvalue weighted by Gasteiger charge is -1.98. The van der Waals surface area contributed by atoms with Crippen LogP contribution >= 0.6 is 0 Å². The molecule has 1 aliphatic rings. The Kier molecular flexibility index (Phi) is 1.37. The lowest BCUT2D eigenvalue weighted by Crippen LogP contribution is -1.82. The highest BCUT2D eigenvalue weighted by Crippen LogP contribution is 2.31. The maximum absolute atomic E-state index is 5.22. The van der Waals surface area contributed by atoms with Crippen molar-refractivity contribution < 1.29 is 4.74 Å². The largest absolute Gasteiger partial charge is 0.368 e. The SMILES string of the molecule is c1cnc2ccc([C@@H]3CO3)cc2c1. The summed E-state index contributed by atoms with van der Waals surface area (Å²) in [7, 11) is 0. The van der Waals surface area contributed by atoms with Crippen LogP contribution in [0.15, 0.2) is 36.5 Å². The zero-order valence-corrected chi connectivity index (χ0v) is 7.10. The van der Waals surface area contributed by atoms with Crippen LogP contribution in [0, 0.1) is 0 Å². The van der Waals surface area contributed by atoms with E-state index in [4.69, 9.17) is 4.74 Å². The molecule has 2 heterocycles. The number of rotatable bonds is 1. The van der Waals surface area contributed by atoms with E-state index >= 15 is 0 Å². The molecule has 2 heteroatoms. The molecule has 0 bridgehead atoms. The van der Waals surface area contributed by atoms with Crippen molar-refractivity contribution in [1.82, 2.24) is 4.98 Å². The molecule has 1 saturated heterocycles. The highest BCUT2D eigenvalue weighted by molar-refractivity contribution is 5.79. The Morgan fingerprint density at radius 2 is 2.23 bits per heavy atom. The van der Waals surface area contributed by atoms with E-state index in [0.29, 0.717) is 6.10 Å². The first-order chi connectivity index (χ1) is 6.43. The molecule has 64 valence electrons. The Morgan fingerprint density at radius 1 is 1.31 bits per heavy atom. The summed E-state index contributed by atoms with van der Waals surface area (Å²) >= 11 is 0. The van der Waals surface area contributed by atoms with Crippen molar-refractivity contribution >= 4 is 10.9 Å². The van der Waals surface area contributed by atoms with Crippen LogP contribution in [-0.4, -0.2) is 11.6 Å². The molecule has 0 amide bonds. The zero-order chi connectivity index (χ0) is 8.67. The summed E-state index contributed by atoms with van der Waals surface area (Å²) in [6.45, 7) is 0.867. The summed E-state index contributed by atoms with van der Waals surface area (Å²) in [4.78, 5) is 4.26. The molecule has 2 aromatic rings. The van der Waals surface area contributed by atoms with Crippen LogP contribution in [0.3, 0.4) is 0 Å². The third-order valence-electron chi connectivity index (χ3n) is 2.33. The summed E-state index contributed by atoms with van der Waals surface area (Å²) in [5.41, 5.74) is 2.31. The normalized spacial score (nSPS) is 20.5. The Labute approximate surface area is 76.2 Å². The van der Waals surface area contributed by atoms with Gasteiger partial charge in [0, 0.05) is 11.6 Å². The molecule has 0 aliphatic carbocycles. The molecule has 2 nitrogen and oxygen atoms in total. The van der Waals surface area contributed by atoms with Gasteiger partial charge in [0.15, 0.2) is 0 Å². The van der Waals surface area contributed by atoms with E-state index in [1.54, 1.807) is 0 Å². The van der Waals surface area contributed by atoms with Gasteiger partial charge >= 0.3 is 0 Å². The van der Waals surface area contributed by atoms with Gasteiger partial charge < -0.3 is 4.74 Å². The summed E-state index contributed by atoms with van der Waals surface area (Å²) in [5.74, 6) is 0. The second kappa shape index (κ2) is 2.54. The van der Waals surface area contributed by atoms with Crippen LogP contribution in [0.1, 0.15) is 11.7 Å². The fraction of sp³-hybridized carbons (Fsp3) is 0.182. The second-order valence-electron chi connectivity index (χ2n) is 3.28. The highest BCUT2D eigenvalue weighted by atomic mass is 16.6. The fourth-order valence-electron chi connectivity index (χ4n) is 1.53. The molecule has 1 aliphatic heterocycles. The van der Waals surface area contributed by atoms with Gasteiger partial charge in [-0.15, -0.1) is 0 Å². The molecule has 1 aromatic heterocycles. The zero-order valence-electron chi connectivity index (χ0n) is 7.10. The van der Waals surface area contributed by atoms with Gasteiger partial charge in [-0.2, -0.15) is 0 Å². The number of hydrogen-bond acceptors (Lipinski definition) is 2. The van der Waals surface area contributed by atoms with E-state index in [-0.39, 0.29) is 0 Å². The van der Waals surface area contributed by atoms with E-state index in [0.717, 1.165) is 12.1 Å². The van der Waals surface area contributed by atoms with Crippen molar-refractivity contribution in [1.29, 1.82) is 0 Å². The number of ether oxygens (including phenoxy) is 1. The minimum Gasteiger partial charge on any atom is -0.368 e. The van der Waals surface area contributed by atoms with Crippen molar-refractivity contribution in [2.24, 2.45) is 0 Å². The van der Waals surface area contributed by atoms with E-state index in [1.807, 2.05) is 18.3 Å². The third kappa shape index (κ3) is 1.19. The minimum absolute atomic E-state index is 0.338. The first-order valence-electron chi connectivity index (χ1n) is 4.40. The van der Waals surface area contributed by atoms with Crippen LogP contribution in [0.25, 0.3) is 10.9 Å². The lowest BCUT2D eigenvalue weighted by molar-refractivity contribution is 0.416. The van der Waals surface area contributed by atoms with Crippen LogP contribution in [0.5, 0.6) is 0 Å². The summed E-state index contributed by atoms with van der Waals surface area (Å²) in [5, 5.41) is 1.19.